The van der Waals surface area contributed by atoms with Gasteiger partial charge in [0.1, 0.15) is 10.7 Å². The van der Waals surface area contributed by atoms with Crippen molar-refractivity contribution in [1.29, 1.82) is 0 Å². The zero-order valence-corrected chi connectivity index (χ0v) is 12.2. The van der Waals surface area contributed by atoms with Gasteiger partial charge in [-0.25, -0.2) is 12.8 Å². The van der Waals surface area contributed by atoms with Crippen LogP contribution in [0, 0.1) is 5.82 Å². The third-order valence-electron chi connectivity index (χ3n) is 2.64. The maximum Gasteiger partial charge on any atom is 0.246 e. The molecule has 4 nitrogen and oxygen atoms in total. The molecule has 1 aromatic carbocycles. The molecule has 102 valence electrons. The Hall–Kier alpha value is -0.790. The Balaban J connectivity index is 3.17. The molecular weight excluding hydrogens is 275 g/mol. The van der Waals surface area contributed by atoms with Crippen LogP contribution in [0.4, 0.5) is 10.1 Å². The van der Waals surface area contributed by atoms with Crippen LogP contribution in [0.1, 0.15) is 6.92 Å². The Kier molecular flexibility index (Phi) is 5.01. The Labute approximate surface area is 111 Å². The average molecular weight is 292 g/mol. The minimum absolute atomic E-state index is 0.217. The van der Waals surface area contributed by atoms with Crippen LogP contribution < -0.4 is 5.73 Å². The van der Waals surface area contributed by atoms with E-state index in [1.54, 1.807) is 6.92 Å². The van der Waals surface area contributed by atoms with Crippen molar-refractivity contribution in [3.05, 3.63) is 24.0 Å². The molecule has 0 radical (unpaired) electrons. The summed E-state index contributed by atoms with van der Waals surface area (Å²) in [7, 11) is -2.41. The second-order valence-electron chi connectivity index (χ2n) is 4.02. The van der Waals surface area contributed by atoms with E-state index in [4.69, 9.17) is 5.73 Å². The number of hydrogen-bond acceptors (Lipinski definition) is 4. The first-order chi connectivity index (χ1) is 8.30. The van der Waals surface area contributed by atoms with Gasteiger partial charge in [0, 0.05) is 24.5 Å². The van der Waals surface area contributed by atoms with Crippen LogP contribution in [-0.2, 0) is 10.0 Å². The quantitative estimate of drug-likeness (QED) is 0.840. The summed E-state index contributed by atoms with van der Waals surface area (Å²) in [5.41, 5.74) is 5.73. The van der Waals surface area contributed by atoms with Gasteiger partial charge in [0.2, 0.25) is 10.0 Å². The Bertz CT molecular complexity index is 520. The van der Waals surface area contributed by atoms with E-state index in [2.05, 4.69) is 0 Å². The first kappa shape index (κ1) is 15.3. The van der Waals surface area contributed by atoms with Crippen molar-refractivity contribution in [2.24, 2.45) is 0 Å². The molecule has 2 N–H and O–H groups in total. The van der Waals surface area contributed by atoms with Crippen molar-refractivity contribution in [2.75, 3.05) is 24.8 Å². The molecule has 0 saturated carbocycles. The van der Waals surface area contributed by atoms with Gasteiger partial charge in [0.15, 0.2) is 0 Å². The number of nitrogen functional groups attached to an aromatic ring is 1. The molecule has 0 aliphatic heterocycles. The largest absolute Gasteiger partial charge is 0.399 e. The number of anilines is 1. The van der Waals surface area contributed by atoms with E-state index in [0.29, 0.717) is 5.75 Å². The highest BCUT2D eigenvalue weighted by Crippen LogP contribution is 2.22. The van der Waals surface area contributed by atoms with Crippen molar-refractivity contribution in [3.63, 3.8) is 0 Å². The van der Waals surface area contributed by atoms with Crippen molar-refractivity contribution >= 4 is 27.5 Å². The van der Waals surface area contributed by atoms with Crippen LogP contribution in [-0.4, -0.2) is 37.8 Å². The van der Waals surface area contributed by atoms with E-state index < -0.39 is 15.8 Å². The summed E-state index contributed by atoms with van der Waals surface area (Å²) in [6.45, 7) is 1.78. The molecule has 0 amide bonds. The highest BCUT2D eigenvalue weighted by molar-refractivity contribution is 7.98. The molecule has 7 heteroatoms. The van der Waals surface area contributed by atoms with Crippen LogP contribution in [0.5, 0.6) is 0 Å². The van der Waals surface area contributed by atoms with Gasteiger partial charge in [0.25, 0.3) is 0 Å². The monoisotopic (exact) mass is 292 g/mol. The van der Waals surface area contributed by atoms with Crippen molar-refractivity contribution in [2.45, 2.75) is 17.9 Å². The predicted molar refractivity (Wildman–Crippen MR) is 73.6 cm³/mol. The highest BCUT2D eigenvalue weighted by Gasteiger charge is 2.28. The van der Waals surface area contributed by atoms with Gasteiger partial charge >= 0.3 is 0 Å². The maximum atomic E-state index is 13.6. The minimum atomic E-state index is -3.85. The second-order valence-corrected chi connectivity index (χ2v) is 6.89. The zero-order chi connectivity index (χ0) is 13.9. The molecule has 1 rings (SSSR count). The number of hydrogen-bond donors (Lipinski definition) is 1. The first-order valence-electron chi connectivity index (χ1n) is 5.32. The molecule has 0 saturated heterocycles. The summed E-state index contributed by atoms with van der Waals surface area (Å²) < 4.78 is 39.3. The Morgan fingerprint density at radius 2 is 2.11 bits per heavy atom. The van der Waals surface area contributed by atoms with Crippen LogP contribution in [0.2, 0.25) is 0 Å². The number of thioether (sulfide) groups is 1. The summed E-state index contributed by atoms with van der Waals surface area (Å²) in [5, 5.41) is 0. The summed E-state index contributed by atoms with van der Waals surface area (Å²) in [5.74, 6) is -0.146. The first-order valence-corrected chi connectivity index (χ1v) is 8.16. The van der Waals surface area contributed by atoms with Crippen molar-refractivity contribution in [3.8, 4) is 0 Å². The fraction of sp³-hybridized carbons (Fsp3) is 0.455. The summed E-state index contributed by atoms with van der Waals surface area (Å²) in [6, 6.07) is 3.33. The Morgan fingerprint density at radius 1 is 1.50 bits per heavy atom. The van der Waals surface area contributed by atoms with Crippen molar-refractivity contribution < 1.29 is 12.8 Å². The van der Waals surface area contributed by atoms with E-state index in [-0.39, 0.29) is 16.6 Å². The summed E-state index contributed by atoms with van der Waals surface area (Å²) >= 11 is 1.53. The fourth-order valence-electron chi connectivity index (χ4n) is 1.46. The molecule has 0 heterocycles. The molecule has 0 aliphatic carbocycles. The van der Waals surface area contributed by atoms with E-state index in [1.165, 1.54) is 29.2 Å². The van der Waals surface area contributed by atoms with E-state index >= 15 is 0 Å². The molecule has 0 aliphatic rings. The van der Waals surface area contributed by atoms with Crippen LogP contribution in [0.3, 0.4) is 0 Å². The lowest BCUT2D eigenvalue weighted by Crippen LogP contribution is -2.37. The van der Waals surface area contributed by atoms with Gasteiger partial charge in [-0.15, -0.1) is 0 Å². The smallest absolute Gasteiger partial charge is 0.246 e. The predicted octanol–water partition coefficient (Wildman–Crippen LogP) is 1.78. The van der Waals surface area contributed by atoms with Crippen molar-refractivity contribution in [1.82, 2.24) is 4.31 Å². The van der Waals surface area contributed by atoms with E-state index in [0.717, 1.165) is 12.1 Å². The maximum absolute atomic E-state index is 13.6. The number of halogens is 1. The van der Waals surface area contributed by atoms with Gasteiger partial charge in [-0.3, -0.25) is 0 Å². The molecule has 1 aromatic rings. The molecule has 18 heavy (non-hydrogen) atoms. The number of benzene rings is 1. The summed E-state index contributed by atoms with van der Waals surface area (Å²) in [4.78, 5) is -0.377. The Morgan fingerprint density at radius 3 is 2.67 bits per heavy atom. The van der Waals surface area contributed by atoms with Crippen LogP contribution in [0.25, 0.3) is 0 Å². The number of nitrogens with two attached hydrogens (primary N) is 1. The molecule has 1 unspecified atom stereocenters. The van der Waals surface area contributed by atoms with Gasteiger partial charge < -0.3 is 5.73 Å². The normalized spacial score (nSPS) is 13.8. The zero-order valence-electron chi connectivity index (χ0n) is 10.6. The van der Waals surface area contributed by atoms with Crippen LogP contribution in [0.15, 0.2) is 23.1 Å². The average Bonchev–Trinajstić information content (AvgIpc) is 2.31. The van der Waals surface area contributed by atoms with Crippen LogP contribution >= 0.6 is 11.8 Å². The topological polar surface area (TPSA) is 63.4 Å². The number of nitrogens with zero attached hydrogens (tertiary/aromatic N) is 1. The third-order valence-corrected chi connectivity index (χ3v) is 5.44. The van der Waals surface area contributed by atoms with Gasteiger partial charge in [-0.2, -0.15) is 16.1 Å². The van der Waals surface area contributed by atoms with Gasteiger partial charge in [-0.05, 0) is 31.4 Å². The van der Waals surface area contributed by atoms with E-state index in [9.17, 15) is 12.8 Å². The van der Waals surface area contributed by atoms with E-state index in [1.807, 2.05) is 6.26 Å². The number of sulfonamides is 1. The standard InChI is InChI=1S/C11H17FN2O2S2/c1-8(7-17-3)14(2)18(15,16)11-6-9(13)4-5-10(11)12/h4-6,8H,7,13H2,1-3H3. The highest BCUT2D eigenvalue weighted by atomic mass is 32.2. The molecule has 0 fully saturated rings. The summed E-state index contributed by atoms with van der Waals surface area (Å²) in [6.07, 6.45) is 1.89. The number of rotatable bonds is 5. The lowest BCUT2D eigenvalue weighted by Gasteiger charge is -2.24. The molecule has 0 aromatic heterocycles. The van der Waals surface area contributed by atoms with Gasteiger partial charge in [0.05, 0.1) is 0 Å². The molecule has 1 atom stereocenters. The molecule has 0 spiro atoms. The minimum Gasteiger partial charge on any atom is -0.399 e. The SMILES string of the molecule is CSCC(C)N(C)S(=O)(=O)c1cc(N)ccc1F. The molecule has 0 bridgehead atoms. The lowest BCUT2D eigenvalue weighted by atomic mass is 10.3. The lowest BCUT2D eigenvalue weighted by molar-refractivity contribution is 0.411. The molecular formula is C11H17FN2O2S2. The fourth-order valence-corrected chi connectivity index (χ4v) is 3.71. The third kappa shape index (κ3) is 3.15. The van der Waals surface area contributed by atoms with Gasteiger partial charge in [-0.1, -0.05) is 0 Å². The second kappa shape index (κ2) is 5.90.